The maximum absolute atomic E-state index is 12.3. The predicted octanol–water partition coefficient (Wildman–Crippen LogP) is 1.47. The van der Waals surface area contributed by atoms with Crippen LogP contribution >= 0.6 is 0 Å². The van der Waals surface area contributed by atoms with Gasteiger partial charge in [0, 0.05) is 25.1 Å². The van der Waals surface area contributed by atoms with Crippen molar-refractivity contribution in [3.05, 3.63) is 35.4 Å². The summed E-state index contributed by atoms with van der Waals surface area (Å²) in [6, 6.07) is 8.44. The number of hydrogen-bond acceptors (Lipinski definition) is 4. The second kappa shape index (κ2) is 8.10. The number of aryl methyl sites for hydroxylation is 1. The van der Waals surface area contributed by atoms with Crippen LogP contribution in [-0.2, 0) is 16.1 Å². The fourth-order valence-electron chi connectivity index (χ4n) is 3.91. The molecule has 2 N–H and O–H groups in total. The van der Waals surface area contributed by atoms with Crippen LogP contribution in [-0.4, -0.2) is 54.4 Å². The molecule has 2 aliphatic heterocycles. The zero-order valence-corrected chi connectivity index (χ0v) is 14.4. The smallest absolute Gasteiger partial charge is 0.234 e. The first-order valence-corrected chi connectivity index (χ1v) is 8.95. The van der Waals surface area contributed by atoms with Gasteiger partial charge in [-0.15, -0.1) is 0 Å². The predicted molar refractivity (Wildman–Crippen MR) is 92.6 cm³/mol. The van der Waals surface area contributed by atoms with Crippen molar-refractivity contribution in [1.29, 1.82) is 0 Å². The lowest BCUT2D eigenvalue weighted by Crippen LogP contribution is -2.48. The Morgan fingerprint density at radius 1 is 1.42 bits per heavy atom. The van der Waals surface area contributed by atoms with Gasteiger partial charge in [0.15, 0.2) is 0 Å². The molecule has 3 atom stereocenters. The number of nitrogens with one attached hydrogen (secondary N) is 1. The summed E-state index contributed by atoms with van der Waals surface area (Å²) in [5.74, 6) is 0.181. The summed E-state index contributed by atoms with van der Waals surface area (Å²) >= 11 is 0. The largest absolute Gasteiger partial charge is 0.393 e. The molecule has 2 aliphatic rings. The molecule has 0 bridgehead atoms. The quantitative estimate of drug-likeness (QED) is 0.857. The molecule has 2 heterocycles. The molecule has 1 amide bonds. The third-order valence-corrected chi connectivity index (χ3v) is 5.19. The van der Waals surface area contributed by atoms with E-state index in [0.717, 1.165) is 24.9 Å². The Bertz CT molecular complexity index is 563. The van der Waals surface area contributed by atoms with Crippen LogP contribution in [0.5, 0.6) is 0 Å². The van der Waals surface area contributed by atoms with Crippen LogP contribution in [0, 0.1) is 12.8 Å². The van der Waals surface area contributed by atoms with E-state index in [2.05, 4.69) is 29.3 Å². The molecule has 5 heteroatoms. The molecule has 1 aromatic carbocycles. The van der Waals surface area contributed by atoms with Gasteiger partial charge in [0.2, 0.25) is 5.91 Å². The number of aliphatic hydroxyl groups is 1. The van der Waals surface area contributed by atoms with Crippen LogP contribution in [0.3, 0.4) is 0 Å². The Morgan fingerprint density at radius 3 is 3.08 bits per heavy atom. The van der Waals surface area contributed by atoms with Gasteiger partial charge in [-0.3, -0.25) is 9.69 Å². The first-order chi connectivity index (χ1) is 11.6. The zero-order valence-electron chi connectivity index (χ0n) is 14.4. The Hall–Kier alpha value is -1.43. The standard InChI is InChI=1S/C19H28N2O3/c1-14-4-2-5-15(10-14)11-20-19(23)12-21-8-3-6-17(21)16-13-24-9-7-18(16)22/h2,4-5,10,16-18,22H,3,6-9,11-13H2,1H3,(H,20,23)/t16-,17+,18+/m0/s1. The highest BCUT2D eigenvalue weighted by molar-refractivity contribution is 5.78. The summed E-state index contributed by atoms with van der Waals surface area (Å²) in [6.45, 7) is 5.19. The highest BCUT2D eigenvalue weighted by Gasteiger charge is 2.37. The van der Waals surface area contributed by atoms with E-state index < -0.39 is 0 Å². The van der Waals surface area contributed by atoms with Crippen molar-refractivity contribution in [2.24, 2.45) is 5.92 Å². The Kier molecular flexibility index (Phi) is 5.87. The van der Waals surface area contributed by atoms with Crippen molar-refractivity contribution < 1.29 is 14.6 Å². The van der Waals surface area contributed by atoms with E-state index in [-0.39, 0.29) is 24.0 Å². The molecule has 0 radical (unpaired) electrons. The number of nitrogens with zero attached hydrogens (tertiary/aromatic N) is 1. The van der Waals surface area contributed by atoms with Crippen LogP contribution in [0.1, 0.15) is 30.4 Å². The minimum absolute atomic E-state index is 0.0506. The van der Waals surface area contributed by atoms with Crippen LogP contribution in [0.15, 0.2) is 24.3 Å². The number of rotatable bonds is 5. The zero-order chi connectivity index (χ0) is 16.9. The Labute approximate surface area is 144 Å². The lowest BCUT2D eigenvalue weighted by molar-refractivity contribution is -0.124. The topological polar surface area (TPSA) is 61.8 Å². The molecular formula is C19H28N2O3. The van der Waals surface area contributed by atoms with Crippen molar-refractivity contribution in [3.8, 4) is 0 Å². The average Bonchev–Trinajstić information content (AvgIpc) is 3.01. The van der Waals surface area contributed by atoms with Gasteiger partial charge in [0.05, 0.1) is 19.3 Å². The van der Waals surface area contributed by atoms with Crippen molar-refractivity contribution in [2.45, 2.75) is 44.9 Å². The molecule has 0 aliphatic carbocycles. The highest BCUT2D eigenvalue weighted by Crippen LogP contribution is 2.29. The first-order valence-electron chi connectivity index (χ1n) is 8.95. The molecule has 5 nitrogen and oxygen atoms in total. The van der Waals surface area contributed by atoms with Crippen molar-refractivity contribution in [3.63, 3.8) is 0 Å². The maximum atomic E-state index is 12.3. The molecule has 0 unspecified atom stereocenters. The van der Waals surface area contributed by atoms with Gasteiger partial charge in [-0.1, -0.05) is 29.8 Å². The van der Waals surface area contributed by atoms with Gasteiger partial charge in [0.25, 0.3) is 0 Å². The molecule has 2 saturated heterocycles. The van der Waals surface area contributed by atoms with E-state index in [1.54, 1.807) is 0 Å². The van der Waals surface area contributed by atoms with Gasteiger partial charge in [-0.25, -0.2) is 0 Å². The average molecular weight is 332 g/mol. The molecule has 24 heavy (non-hydrogen) atoms. The van der Waals surface area contributed by atoms with Gasteiger partial charge < -0.3 is 15.2 Å². The molecule has 0 aromatic heterocycles. The van der Waals surface area contributed by atoms with Crippen LogP contribution in [0.4, 0.5) is 0 Å². The lowest BCUT2D eigenvalue weighted by atomic mass is 9.89. The normalized spacial score (nSPS) is 28.0. The first kappa shape index (κ1) is 17.4. The third-order valence-electron chi connectivity index (χ3n) is 5.19. The molecule has 132 valence electrons. The summed E-state index contributed by atoms with van der Waals surface area (Å²) in [5.41, 5.74) is 2.32. The molecule has 2 fully saturated rings. The van der Waals surface area contributed by atoms with Crippen molar-refractivity contribution in [2.75, 3.05) is 26.3 Å². The number of likely N-dealkylation sites (tertiary alicyclic amines) is 1. The minimum Gasteiger partial charge on any atom is -0.393 e. The highest BCUT2D eigenvalue weighted by atomic mass is 16.5. The van der Waals surface area contributed by atoms with E-state index in [0.29, 0.717) is 32.7 Å². The lowest BCUT2D eigenvalue weighted by Gasteiger charge is -2.36. The summed E-state index contributed by atoms with van der Waals surface area (Å²) in [7, 11) is 0. The molecule has 0 spiro atoms. The molecular weight excluding hydrogens is 304 g/mol. The fourth-order valence-corrected chi connectivity index (χ4v) is 3.91. The number of carbonyl (C=O) groups excluding carboxylic acids is 1. The number of amides is 1. The maximum Gasteiger partial charge on any atom is 0.234 e. The second-order valence-corrected chi connectivity index (χ2v) is 7.04. The van der Waals surface area contributed by atoms with Crippen molar-refractivity contribution >= 4 is 5.91 Å². The molecule has 1 aromatic rings. The summed E-state index contributed by atoms with van der Waals surface area (Å²) < 4.78 is 5.55. The monoisotopic (exact) mass is 332 g/mol. The summed E-state index contributed by atoms with van der Waals surface area (Å²) in [5, 5.41) is 13.3. The number of benzene rings is 1. The second-order valence-electron chi connectivity index (χ2n) is 7.04. The summed E-state index contributed by atoms with van der Waals surface area (Å²) in [4.78, 5) is 14.5. The number of aliphatic hydroxyl groups excluding tert-OH is 1. The van der Waals surface area contributed by atoms with Gasteiger partial charge in [-0.2, -0.15) is 0 Å². The van der Waals surface area contributed by atoms with Gasteiger partial charge >= 0.3 is 0 Å². The van der Waals surface area contributed by atoms with Crippen LogP contribution in [0.2, 0.25) is 0 Å². The number of hydrogen-bond donors (Lipinski definition) is 2. The Balaban J connectivity index is 1.51. The SMILES string of the molecule is Cc1cccc(CNC(=O)CN2CCC[C@@H]2[C@@H]2COCC[C@H]2O)c1. The summed E-state index contributed by atoms with van der Waals surface area (Å²) in [6.07, 6.45) is 2.52. The Morgan fingerprint density at radius 2 is 2.29 bits per heavy atom. The molecule has 3 rings (SSSR count). The van der Waals surface area contributed by atoms with E-state index >= 15 is 0 Å². The van der Waals surface area contributed by atoms with Crippen LogP contribution in [0.25, 0.3) is 0 Å². The third kappa shape index (κ3) is 4.35. The number of carbonyl (C=O) groups is 1. The van der Waals surface area contributed by atoms with E-state index in [1.165, 1.54) is 5.56 Å². The van der Waals surface area contributed by atoms with E-state index in [4.69, 9.17) is 4.74 Å². The van der Waals surface area contributed by atoms with E-state index in [9.17, 15) is 9.90 Å². The van der Waals surface area contributed by atoms with Crippen molar-refractivity contribution in [1.82, 2.24) is 10.2 Å². The minimum atomic E-state index is -0.306. The van der Waals surface area contributed by atoms with Gasteiger partial charge in [0.1, 0.15) is 0 Å². The van der Waals surface area contributed by atoms with Gasteiger partial charge in [-0.05, 0) is 38.3 Å². The fraction of sp³-hybridized carbons (Fsp3) is 0.632. The number of ether oxygens (including phenoxy) is 1. The van der Waals surface area contributed by atoms with E-state index in [1.807, 2.05) is 12.1 Å². The molecule has 0 saturated carbocycles. The van der Waals surface area contributed by atoms with Crippen LogP contribution < -0.4 is 5.32 Å².